The molecule has 4 nitrogen and oxygen atoms in total. The predicted octanol–water partition coefficient (Wildman–Crippen LogP) is 3.17. The van der Waals surface area contributed by atoms with Gasteiger partial charge in [0.15, 0.2) is 0 Å². The second kappa shape index (κ2) is 6.67. The summed E-state index contributed by atoms with van der Waals surface area (Å²) in [7, 11) is 1.65. The van der Waals surface area contributed by atoms with Crippen molar-refractivity contribution in [1.82, 2.24) is 9.97 Å². The number of aromatic nitrogens is 2. The third-order valence-electron chi connectivity index (χ3n) is 3.11. The van der Waals surface area contributed by atoms with E-state index < -0.39 is 0 Å². The molecule has 0 fully saturated rings. The van der Waals surface area contributed by atoms with E-state index in [9.17, 15) is 0 Å². The molecule has 102 valence electrons. The summed E-state index contributed by atoms with van der Waals surface area (Å²) in [4.78, 5) is 8.72. The van der Waals surface area contributed by atoms with Crippen molar-refractivity contribution < 1.29 is 4.74 Å². The Kier molecular flexibility index (Phi) is 4.67. The van der Waals surface area contributed by atoms with Gasteiger partial charge in [-0.1, -0.05) is 13.0 Å². The second-order valence-corrected chi connectivity index (χ2v) is 4.40. The Morgan fingerprint density at radius 2 is 2.15 bits per heavy atom. The topological polar surface area (TPSA) is 58.8 Å². The average molecular weight is 267 g/mol. The Hall–Kier alpha value is -2.41. The molecule has 1 aromatic heterocycles. The van der Waals surface area contributed by atoms with E-state index in [0.717, 1.165) is 23.4 Å². The van der Waals surface area contributed by atoms with Gasteiger partial charge in [-0.25, -0.2) is 9.97 Å². The first-order valence-corrected chi connectivity index (χ1v) is 6.64. The molecule has 0 unspecified atom stereocenters. The highest BCUT2D eigenvalue weighted by Gasteiger charge is 2.09. The van der Waals surface area contributed by atoms with Gasteiger partial charge in [-0.15, -0.1) is 0 Å². The monoisotopic (exact) mass is 267 g/mol. The quantitative estimate of drug-likeness (QED) is 0.834. The van der Waals surface area contributed by atoms with E-state index in [1.807, 2.05) is 12.1 Å². The van der Waals surface area contributed by atoms with Gasteiger partial charge in [-0.2, -0.15) is 5.26 Å². The predicted molar refractivity (Wildman–Crippen MR) is 77.3 cm³/mol. The average Bonchev–Trinajstić information content (AvgIpc) is 2.52. The molecule has 0 aliphatic heterocycles. The van der Waals surface area contributed by atoms with Crippen molar-refractivity contribution in [2.45, 2.75) is 26.2 Å². The number of hydrogen-bond acceptors (Lipinski definition) is 4. The minimum atomic E-state index is 0.426. The molecule has 0 spiro atoms. The molecule has 1 heterocycles. The molecule has 20 heavy (non-hydrogen) atoms. The Bertz CT molecular complexity index is 632. The maximum absolute atomic E-state index is 8.64. The van der Waals surface area contributed by atoms with Crippen LogP contribution in [0.1, 0.15) is 24.7 Å². The Morgan fingerprint density at radius 3 is 2.85 bits per heavy atom. The lowest BCUT2D eigenvalue weighted by Crippen LogP contribution is -1.98. The summed E-state index contributed by atoms with van der Waals surface area (Å²) < 4.78 is 5.41. The summed E-state index contributed by atoms with van der Waals surface area (Å²) in [6.07, 6.45) is 3.69. The summed E-state index contributed by atoms with van der Waals surface area (Å²) in [5, 5.41) is 8.64. The van der Waals surface area contributed by atoms with Crippen LogP contribution in [0.4, 0.5) is 0 Å². The number of nitrogens with zero attached hydrogens (tertiary/aromatic N) is 3. The van der Waals surface area contributed by atoms with Gasteiger partial charge in [-0.05, 0) is 30.2 Å². The van der Waals surface area contributed by atoms with Crippen LogP contribution in [0.3, 0.4) is 0 Å². The third kappa shape index (κ3) is 3.12. The van der Waals surface area contributed by atoms with Gasteiger partial charge in [0, 0.05) is 24.6 Å². The number of aryl methyl sites for hydroxylation is 2. The van der Waals surface area contributed by atoms with E-state index in [-0.39, 0.29) is 0 Å². The minimum Gasteiger partial charge on any atom is -0.496 e. The first-order valence-electron chi connectivity index (χ1n) is 6.64. The molecule has 2 aromatic rings. The fourth-order valence-electron chi connectivity index (χ4n) is 2.01. The molecule has 0 saturated carbocycles. The van der Waals surface area contributed by atoms with Gasteiger partial charge < -0.3 is 4.74 Å². The van der Waals surface area contributed by atoms with Gasteiger partial charge in [-0.3, -0.25) is 0 Å². The Morgan fingerprint density at radius 1 is 1.30 bits per heavy atom. The molecule has 2 rings (SSSR count). The molecule has 1 aromatic carbocycles. The summed E-state index contributed by atoms with van der Waals surface area (Å²) >= 11 is 0. The molecular weight excluding hydrogens is 250 g/mol. The molecule has 0 aliphatic rings. The van der Waals surface area contributed by atoms with Crippen LogP contribution in [-0.2, 0) is 12.8 Å². The lowest BCUT2D eigenvalue weighted by molar-refractivity contribution is 0.416. The van der Waals surface area contributed by atoms with Crippen LogP contribution < -0.4 is 4.74 Å². The van der Waals surface area contributed by atoms with E-state index in [1.165, 1.54) is 5.56 Å². The lowest BCUT2D eigenvalue weighted by atomic mass is 10.0. The van der Waals surface area contributed by atoms with Crippen molar-refractivity contribution in [3.8, 4) is 23.1 Å². The van der Waals surface area contributed by atoms with Crippen LogP contribution in [0.5, 0.6) is 5.75 Å². The first-order chi connectivity index (χ1) is 9.78. The highest BCUT2D eigenvalue weighted by atomic mass is 16.5. The van der Waals surface area contributed by atoms with Crippen LogP contribution in [-0.4, -0.2) is 17.1 Å². The van der Waals surface area contributed by atoms with Crippen molar-refractivity contribution >= 4 is 0 Å². The van der Waals surface area contributed by atoms with Gasteiger partial charge in [0.05, 0.1) is 18.9 Å². The number of rotatable bonds is 5. The zero-order chi connectivity index (χ0) is 14.4. The second-order valence-electron chi connectivity index (χ2n) is 4.40. The van der Waals surface area contributed by atoms with Gasteiger partial charge in [0.25, 0.3) is 0 Å². The van der Waals surface area contributed by atoms with Gasteiger partial charge in [0.1, 0.15) is 11.6 Å². The van der Waals surface area contributed by atoms with Crippen molar-refractivity contribution in [3.63, 3.8) is 0 Å². The molecule has 0 amide bonds. The van der Waals surface area contributed by atoms with Gasteiger partial charge in [0.2, 0.25) is 0 Å². The summed E-state index contributed by atoms with van der Waals surface area (Å²) in [5.74, 6) is 1.49. The zero-order valence-corrected chi connectivity index (χ0v) is 11.8. The minimum absolute atomic E-state index is 0.426. The van der Waals surface area contributed by atoms with E-state index in [4.69, 9.17) is 10.00 Å². The lowest BCUT2D eigenvalue weighted by Gasteiger charge is -2.10. The maximum atomic E-state index is 8.64. The highest BCUT2D eigenvalue weighted by Crippen LogP contribution is 2.29. The van der Waals surface area contributed by atoms with Crippen molar-refractivity contribution in [1.29, 1.82) is 5.26 Å². The number of hydrogen-bond donors (Lipinski definition) is 0. The highest BCUT2D eigenvalue weighted by molar-refractivity contribution is 5.67. The van der Waals surface area contributed by atoms with Crippen LogP contribution in [0.15, 0.2) is 30.5 Å². The summed E-state index contributed by atoms with van der Waals surface area (Å²) in [5.41, 5.74) is 3.03. The summed E-state index contributed by atoms with van der Waals surface area (Å²) in [6, 6.07) is 10.1. The first kappa shape index (κ1) is 14.0. The van der Waals surface area contributed by atoms with Crippen LogP contribution >= 0.6 is 0 Å². The molecule has 0 N–H and O–H groups in total. The largest absolute Gasteiger partial charge is 0.496 e. The number of nitriles is 1. The molecule has 0 atom stereocenters. The van der Waals surface area contributed by atoms with Crippen LogP contribution in [0.2, 0.25) is 0 Å². The SMILES string of the molecule is CCc1ccc(OC)c(-c2ccnc(CCC#N)n2)c1. The fraction of sp³-hybridized carbons (Fsp3) is 0.312. The third-order valence-corrected chi connectivity index (χ3v) is 3.11. The molecule has 4 heteroatoms. The van der Waals surface area contributed by atoms with E-state index >= 15 is 0 Å². The van der Waals surface area contributed by atoms with Crippen LogP contribution in [0, 0.1) is 11.3 Å². The number of benzene rings is 1. The Labute approximate surface area is 119 Å². The normalized spacial score (nSPS) is 10.1. The van der Waals surface area contributed by atoms with Crippen LogP contribution in [0.25, 0.3) is 11.3 Å². The van der Waals surface area contributed by atoms with E-state index in [1.54, 1.807) is 13.3 Å². The standard InChI is InChI=1S/C16H17N3O/c1-3-12-6-7-15(20-2)13(11-12)14-8-10-18-16(19-14)5-4-9-17/h6-8,10-11H,3-5H2,1-2H3. The number of methoxy groups -OCH3 is 1. The molecule has 0 radical (unpaired) electrons. The molecule has 0 saturated heterocycles. The number of ether oxygens (including phenoxy) is 1. The van der Waals surface area contributed by atoms with Crippen molar-refractivity contribution in [2.75, 3.05) is 7.11 Å². The molecule has 0 bridgehead atoms. The van der Waals surface area contributed by atoms with Crippen molar-refractivity contribution in [3.05, 3.63) is 41.9 Å². The van der Waals surface area contributed by atoms with Crippen molar-refractivity contribution in [2.24, 2.45) is 0 Å². The van der Waals surface area contributed by atoms with E-state index in [2.05, 4.69) is 35.1 Å². The molecule has 0 aliphatic carbocycles. The summed E-state index contributed by atoms with van der Waals surface area (Å²) in [6.45, 7) is 2.11. The zero-order valence-electron chi connectivity index (χ0n) is 11.8. The maximum Gasteiger partial charge on any atom is 0.129 e. The smallest absolute Gasteiger partial charge is 0.129 e. The van der Waals surface area contributed by atoms with E-state index in [0.29, 0.717) is 18.7 Å². The molecular formula is C16H17N3O. The fourth-order valence-corrected chi connectivity index (χ4v) is 2.01. The van der Waals surface area contributed by atoms with Gasteiger partial charge >= 0.3 is 0 Å². The Balaban J connectivity index is 2.42.